The summed E-state index contributed by atoms with van der Waals surface area (Å²) in [5, 5.41) is 14.7. The number of nitrogens with zero attached hydrogens (tertiary/aromatic N) is 5. The number of phenols is 1. The number of amides is 5. The summed E-state index contributed by atoms with van der Waals surface area (Å²) in [7, 11) is 0. The summed E-state index contributed by atoms with van der Waals surface area (Å²) in [6.07, 6.45) is 5.34. The normalized spacial score (nSPS) is 16.4. The second-order valence-electron chi connectivity index (χ2n) is 15.8. The van der Waals surface area contributed by atoms with Crippen LogP contribution in [-0.4, -0.2) is 146 Å². The van der Waals surface area contributed by atoms with E-state index in [1.54, 1.807) is 35.3 Å². The third kappa shape index (κ3) is 10.8. The molecular formula is C48H48ClFN6O11. The summed E-state index contributed by atoms with van der Waals surface area (Å²) in [4.78, 5) is 75.9. The zero-order valence-corrected chi connectivity index (χ0v) is 37.2. The first-order valence-corrected chi connectivity index (χ1v) is 22.3. The monoisotopic (exact) mass is 938 g/mol. The number of aromatic nitrogens is 2. The fraction of sp³-hybridized carbons (Fsp3) is 0.354. The molecule has 1 aromatic heterocycles. The lowest BCUT2D eigenvalue weighted by Crippen LogP contribution is -2.54. The molecule has 3 aliphatic heterocycles. The van der Waals surface area contributed by atoms with E-state index in [0.717, 1.165) is 15.7 Å². The lowest BCUT2D eigenvalue weighted by Gasteiger charge is -2.35. The Hall–Kier alpha value is -6.57. The number of benzene rings is 4. The molecular weight excluding hydrogens is 891 g/mol. The highest BCUT2D eigenvalue weighted by atomic mass is 35.5. The summed E-state index contributed by atoms with van der Waals surface area (Å²) >= 11 is 6.75. The molecule has 0 aliphatic carbocycles. The van der Waals surface area contributed by atoms with Crippen LogP contribution < -0.4 is 15.0 Å². The molecule has 67 heavy (non-hydrogen) atoms. The Labute approximate surface area is 389 Å². The quantitative estimate of drug-likeness (QED) is 0.0594. The minimum Gasteiger partial charge on any atom is -0.508 e. The second-order valence-corrected chi connectivity index (χ2v) is 16.2. The van der Waals surface area contributed by atoms with Crippen LogP contribution in [-0.2, 0) is 33.3 Å². The molecule has 8 rings (SSSR count). The highest BCUT2D eigenvalue weighted by Crippen LogP contribution is 2.42. The first-order chi connectivity index (χ1) is 32.6. The van der Waals surface area contributed by atoms with Gasteiger partial charge in [0.2, 0.25) is 17.7 Å². The van der Waals surface area contributed by atoms with Gasteiger partial charge in [-0.25, -0.2) is 14.4 Å². The molecule has 0 radical (unpaired) electrons. The number of halogens is 2. The molecule has 2 fully saturated rings. The SMILES string of the molecule is O=C1CCC(N2C(=O)c3ccc(OCCOCCOCCOCCOCC/C=C/C(=O)N4CCN(c5ncnc6c(F)c(-c7cc(O)cc8ccccc78)c(Cl)cc56)CC4)cc3C2=O)C(=O)N1. The second kappa shape index (κ2) is 21.8. The molecule has 0 spiro atoms. The van der Waals surface area contributed by atoms with Crippen molar-refractivity contribution in [1.82, 2.24) is 25.1 Å². The number of carbonyl (C=O) groups excluding carboxylic acids is 5. The van der Waals surface area contributed by atoms with E-state index in [9.17, 15) is 29.1 Å². The number of piperidine rings is 1. The maximum absolute atomic E-state index is 16.3. The fourth-order valence-electron chi connectivity index (χ4n) is 8.22. The van der Waals surface area contributed by atoms with Crippen LogP contribution in [0, 0.1) is 5.82 Å². The Morgan fingerprint density at radius 2 is 1.48 bits per heavy atom. The van der Waals surface area contributed by atoms with Crippen LogP contribution in [0.3, 0.4) is 0 Å². The van der Waals surface area contributed by atoms with E-state index < -0.39 is 35.5 Å². The summed E-state index contributed by atoms with van der Waals surface area (Å²) < 4.78 is 44.2. The maximum atomic E-state index is 16.3. The average Bonchev–Trinajstić information content (AvgIpc) is 3.57. The number of anilines is 1. The first kappa shape index (κ1) is 46.9. The van der Waals surface area contributed by atoms with Crippen LogP contribution in [0.5, 0.6) is 11.5 Å². The molecule has 5 amide bonds. The molecule has 2 N–H and O–H groups in total. The van der Waals surface area contributed by atoms with Crippen LogP contribution >= 0.6 is 11.6 Å². The number of fused-ring (bicyclic) bond motifs is 3. The Balaban J connectivity index is 0.657. The standard InChI is InChI=1S/C48H48ClFN6O11/c49-38-28-37-44(43(50)42(38)35-26-31(57)25-30-5-1-2-6-33(30)35)51-29-52-45(37)55-14-12-54(13-15-55)41(59)7-3-4-16-63-17-18-64-19-20-65-21-22-66-23-24-67-32-8-9-34-36(27-32)48(62)56(47(34)61)39-10-11-40(58)53-46(39)60/h1-3,5-9,25-29,39,57H,4,10-24H2,(H,53,58,60)/b7-3+. The van der Waals surface area contributed by atoms with Crippen LogP contribution in [0.1, 0.15) is 40.0 Å². The molecule has 3 aliphatic rings. The van der Waals surface area contributed by atoms with Gasteiger partial charge in [-0.15, -0.1) is 0 Å². The minimum atomic E-state index is -1.03. The van der Waals surface area contributed by atoms with Crippen LogP contribution in [0.4, 0.5) is 10.2 Å². The predicted molar refractivity (Wildman–Crippen MR) is 244 cm³/mol. The van der Waals surface area contributed by atoms with Crippen molar-refractivity contribution in [1.29, 1.82) is 0 Å². The van der Waals surface area contributed by atoms with Crippen molar-refractivity contribution in [2.24, 2.45) is 0 Å². The number of hydrogen-bond donors (Lipinski definition) is 2. The molecule has 0 bridgehead atoms. The largest absolute Gasteiger partial charge is 0.508 e. The molecule has 5 aromatic rings. The van der Waals surface area contributed by atoms with Gasteiger partial charge in [0.05, 0.1) is 69.0 Å². The molecule has 0 saturated carbocycles. The van der Waals surface area contributed by atoms with Gasteiger partial charge in [-0.2, -0.15) is 0 Å². The molecule has 17 nitrogen and oxygen atoms in total. The highest BCUT2D eigenvalue weighted by Gasteiger charge is 2.44. The van der Waals surface area contributed by atoms with Gasteiger partial charge in [0.15, 0.2) is 5.82 Å². The Bertz CT molecular complexity index is 2710. The number of hydrogen-bond acceptors (Lipinski definition) is 14. The van der Waals surface area contributed by atoms with Gasteiger partial charge in [-0.1, -0.05) is 41.9 Å². The van der Waals surface area contributed by atoms with E-state index in [-0.39, 0.29) is 64.9 Å². The average molecular weight is 939 g/mol. The van der Waals surface area contributed by atoms with E-state index >= 15 is 4.39 Å². The number of piperazine rings is 1. The summed E-state index contributed by atoms with van der Waals surface area (Å²) in [6, 6.07) is 15.6. The Morgan fingerprint density at radius 3 is 2.21 bits per heavy atom. The van der Waals surface area contributed by atoms with Crippen molar-refractivity contribution in [3.63, 3.8) is 0 Å². The zero-order chi connectivity index (χ0) is 46.9. The van der Waals surface area contributed by atoms with Crippen LogP contribution in [0.25, 0.3) is 32.8 Å². The van der Waals surface area contributed by atoms with E-state index in [2.05, 4.69) is 15.3 Å². The smallest absolute Gasteiger partial charge is 0.262 e. The molecule has 4 aromatic carbocycles. The molecule has 350 valence electrons. The van der Waals surface area contributed by atoms with Crippen LogP contribution in [0.15, 0.2) is 79.1 Å². The van der Waals surface area contributed by atoms with Gasteiger partial charge in [0.1, 0.15) is 41.8 Å². The van der Waals surface area contributed by atoms with Crippen LogP contribution in [0.2, 0.25) is 5.02 Å². The summed E-state index contributed by atoms with van der Waals surface area (Å²) in [5.74, 6) is -2.09. The van der Waals surface area contributed by atoms with Gasteiger partial charge in [-0.05, 0) is 71.7 Å². The third-order valence-corrected chi connectivity index (χ3v) is 11.8. The van der Waals surface area contributed by atoms with Gasteiger partial charge in [-0.3, -0.25) is 34.2 Å². The van der Waals surface area contributed by atoms with E-state index in [1.807, 2.05) is 29.2 Å². The number of ether oxygens (including phenoxy) is 5. The third-order valence-electron chi connectivity index (χ3n) is 11.5. The highest BCUT2D eigenvalue weighted by molar-refractivity contribution is 6.35. The first-order valence-electron chi connectivity index (χ1n) is 21.9. The van der Waals surface area contributed by atoms with Crippen molar-refractivity contribution in [2.75, 3.05) is 90.5 Å². The number of phenolic OH excluding ortho intramolecular Hbond substituents is 1. The number of aromatic hydroxyl groups is 1. The van der Waals surface area contributed by atoms with Gasteiger partial charge in [0.25, 0.3) is 11.8 Å². The Kier molecular flexibility index (Phi) is 15.3. The van der Waals surface area contributed by atoms with E-state index in [1.165, 1.54) is 24.5 Å². The lowest BCUT2D eigenvalue weighted by molar-refractivity contribution is -0.136. The molecule has 1 unspecified atom stereocenters. The number of rotatable bonds is 20. The fourth-order valence-corrected chi connectivity index (χ4v) is 8.51. The Morgan fingerprint density at radius 1 is 0.791 bits per heavy atom. The van der Waals surface area contributed by atoms with E-state index in [0.29, 0.717) is 101 Å². The van der Waals surface area contributed by atoms with Crippen molar-refractivity contribution < 1.29 is 57.2 Å². The summed E-state index contributed by atoms with van der Waals surface area (Å²) in [5.41, 5.74) is 1.05. The molecule has 4 heterocycles. The predicted octanol–water partition coefficient (Wildman–Crippen LogP) is 5.09. The van der Waals surface area contributed by atoms with Crippen molar-refractivity contribution in [2.45, 2.75) is 25.3 Å². The van der Waals surface area contributed by atoms with Gasteiger partial charge < -0.3 is 38.6 Å². The number of imide groups is 2. The topological polar surface area (TPSA) is 199 Å². The minimum absolute atomic E-state index is 0.00346. The van der Waals surface area contributed by atoms with Crippen molar-refractivity contribution in [3.05, 3.63) is 101 Å². The molecule has 1 atom stereocenters. The number of carbonyl (C=O) groups is 5. The lowest BCUT2D eigenvalue weighted by atomic mass is 9.96. The summed E-state index contributed by atoms with van der Waals surface area (Å²) in [6.45, 7) is 4.95. The van der Waals surface area contributed by atoms with Gasteiger partial charge >= 0.3 is 0 Å². The zero-order valence-electron chi connectivity index (χ0n) is 36.4. The number of nitrogens with one attached hydrogen (secondary N) is 1. The van der Waals surface area contributed by atoms with Crippen molar-refractivity contribution >= 4 is 68.6 Å². The molecule has 19 heteroatoms. The maximum Gasteiger partial charge on any atom is 0.262 e. The molecule has 2 saturated heterocycles. The van der Waals surface area contributed by atoms with Gasteiger partial charge in [0, 0.05) is 43.5 Å². The van der Waals surface area contributed by atoms with Crippen molar-refractivity contribution in [3.8, 4) is 22.6 Å². The van der Waals surface area contributed by atoms with E-state index in [4.69, 9.17) is 35.3 Å².